The van der Waals surface area contributed by atoms with Crippen LogP contribution in [-0.2, 0) is 25.5 Å². The molecule has 2 aromatic rings. The second-order valence-corrected chi connectivity index (χ2v) is 7.51. The van der Waals surface area contributed by atoms with E-state index in [4.69, 9.17) is 4.74 Å². The molecule has 2 atom stereocenters. The third-order valence-electron chi connectivity index (χ3n) is 5.39. The third kappa shape index (κ3) is 5.36. The minimum Gasteiger partial charge on any atom is -0.451 e. The van der Waals surface area contributed by atoms with Crippen molar-refractivity contribution in [3.8, 4) is 0 Å². The fourth-order valence-corrected chi connectivity index (χ4v) is 3.57. The van der Waals surface area contributed by atoms with Crippen LogP contribution in [0.3, 0.4) is 0 Å². The number of hydrogen-bond acceptors (Lipinski definition) is 5. The molecule has 0 aromatic heterocycles. The molecule has 2 aromatic carbocycles. The first kappa shape index (κ1) is 22.2. The fraction of sp³-hybridized carbons (Fsp3) is 0.333. The molecule has 7 heteroatoms. The number of imide groups is 1. The van der Waals surface area contributed by atoms with Crippen LogP contribution in [0.25, 0.3) is 0 Å². The van der Waals surface area contributed by atoms with Crippen molar-refractivity contribution in [3.05, 3.63) is 71.3 Å². The lowest BCUT2D eigenvalue weighted by molar-refractivity contribution is -0.156. The number of hydrogen-bond donors (Lipinski definition) is 1. The van der Waals surface area contributed by atoms with Crippen molar-refractivity contribution in [1.82, 2.24) is 10.2 Å². The van der Waals surface area contributed by atoms with Crippen LogP contribution in [0.2, 0.25) is 0 Å². The smallest absolute Gasteiger partial charge is 0.326 e. The minimum absolute atomic E-state index is 0.0448. The zero-order valence-corrected chi connectivity index (χ0v) is 17.7. The molecule has 3 amide bonds. The number of nitrogens with zero attached hydrogens (tertiary/aromatic N) is 1. The van der Waals surface area contributed by atoms with E-state index in [0.29, 0.717) is 17.7 Å². The third-order valence-corrected chi connectivity index (χ3v) is 5.39. The van der Waals surface area contributed by atoms with Gasteiger partial charge in [-0.05, 0) is 30.5 Å². The van der Waals surface area contributed by atoms with Gasteiger partial charge in [-0.1, -0.05) is 55.5 Å². The molecule has 0 aliphatic carbocycles. The van der Waals surface area contributed by atoms with Crippen molar-refractivity contribution in [2.75, 3.05) is 13.1 Å². The summed E-state index contributed by atoms with van der Waals surface area (Å²) < 4.78 is 5.17. The summed E-state index contributed by atoms with van der Waals surface area (Å²) >= 11 is 0. The Labute approximate surface area is 181 Å². The summed E-state index contributed by atoms with van der Waals surface area (Å²) in [5, 5.41) is 2.81. The number of carbonyl (C=O) groups excluding carboxylic acids is 4. The number of carbonyl (C=O) groups is 4. The van der Waals surface area contributed by atoms with E-state index in [1.165, 1.54) is 6.92 Å². The van der Waals surface area contributed by atoms with Gasteiger partial charge in [-0.25, -0.2) is 0 Å². The maximum absolute atomic E-state index is 12.5. The van der Waals surface area contributed by atoms with Gasteiger partial charge in [0.2, 0.25) is 5.91 Å². The molecule has 0 saturated heterocycles. The molecule has 3 rings (SSSR count). The molecule has 1 heterocycles. The van der Waals surface area contributed by atoms with Gasteiger partial charge < -0.3 is 10.1 Å². The van der Waals surface area contributed by atoms with E-state index < -0.39 is 36.3 Å². The van der Waals surface area contributed by atoms with Crippen LogP contribution in [0.5, 0.6) is 0 Å². The molecule has 0 bridgehead atoms. The van der Waals surface area contributed by atoms with Crippen molar-refractivity contribution >= 4 is 23.7 Å². The van der Waals surface area contributed by atoms with E-state index in [0.717, 1.165) is 16.9 Å². The largest absolute Gasteiger partial charge is 0.451 e. The van der Waals surface area contributed by atoms with Gasteiger partial charge in [0.15, 0.2) is 6.10 Å². The normalized spacial score (nSPS) is 15.1. The summed E-state index contributed by atoms with van der Waals surface area (Å²) in [6.45, 7) is 3.40. The summed E-state index contributed by atoms with van der Waals surface area (Å²) in [6, 6.07) is 16.6. The van der Waals surface area contributed by atoms with Crippen LogP contribution in [-0.4, -0.2) is 47.8 Å². The van der Waals surface area contributed by atoms with E-state index in [9.17, 15) is 19.2 Å². The summed E-state index contributed by atoms with van der Waals surface area (Å²) in [4.78, 5) is 50.4. The lowest BCUT2D eigenvalue weighted by Crippen LogP contribution is -2.46. The van der Waals surface area contributed by atoms with Crippen LogP contribution in [0.1, 0.15) is 47.7 Å². The highest BCUT2D eigenvalue weighted by atomic mass is 16.5. The Morgan fingerprint density at radius 3 is 2.45 bits per heavy atom. The van der Waals surface area contributed by atoms with E-state index in [2.05, 4.69) is 5.32 Å². The van der Waals surface area contributed by atoms with Crippen LogP contribution in [0, 0.1) is 0 Å². The quantitative estimate of drug-likeness (QED) is 0.521. The molecule has 31 heavy (non-hydrogen) atoms. The predicted molar refractivity (Wildman–Crippen MR) is 114 cm³/mol. The van der Waals surface area contributed by atoms with Crippen molar-refractivity contribution in [2.24, 2.45) is 0 Å². The summed E-state index contributed by atoms with van der Waals surface area (Å²) in [5.41, 5.74) is 2.16. The van der Waals surface area contributed by atoms with Crippen LogP contribution < -0.4 is 5.32 Å². The highest BCUT2D eigenvalue weighted by Crippen LogP contribution is 2.20. The summed E-state index contributed by atoms with van der Waals surface area (Å²) in [6.07, 6.45) is -0.148. The molecule has 1 N–H and O–H groups in total. The molecule has 1 aliphatic heterocycles. The lowest BCUT2D eigenvalue weighted by atomic mass is 9.96. The number of amides is 3. The SMILES string of the molecule is CC[C@@H](CNC(=O)[C@@H](C)OC(=O)CN1C(=O)Cc2ccccc2C1=O)c1ccccc1. The molecule has 0 fully saturated rings. The van der Waals surface area contributed by atoms with Crippen molar-refractivity contribution in [2.45, 2.75) is 38.7 Å². The molecular formula is C24H26N2O5. The Morgan fingerprint density at radius 1 is 1.06 bits per heavy atom. The minimum atomic E-state index is -1.04. The van der Waals surface area contributed by atoms with Gasteiger partial charge in [-0.15, -0.1) is 0 Å². The fourth-order valence-electron chi connectivity index (χ4n) is 3.57. The molecule has 0 saturated carbocycles. The Balaban J connectivity index is 1.52. The van der Waals surface area contributed by atoms with Crippen molar-refractivity contribution in [3.63, 3.8) is 0 Å². The van der Waals surface area contributed by atoms with Gasteiger partial charge in [-0.3, -0.25) is 24.1 Å². The average molecular weight is 422 g/mol. The monoisotopic (exact) mass is 422 g/mol. The first-order valence-electron chi connectivity index (χ1n) is 10.4. The average Bonchev–Trinajstić information content (AvgIpc) is 2.77. The Bertz CT molecular complexity index is 973. The highest BCUT2D eigenvalue weighted by Gasteiger charge is 2.33. The topological polar surface area (TPSA) is 92.8 Å². The first-order chi connectivity index (χ1) is 14.9. The zero-order valence-electron chi connectivity index (χ0n) is 17.7. The van der Waals surface area contributed by atoms with Crippen LogP contribution >= 0.6 is 0 Å². The molecule has 0 radical (unpaired) electrons. The zero-order chi connectivity index (χ0) is 22.4. The van der Waals surface area contributed by atoms with Gasteiger partial charge in [0.25, 0.3) is 11.8 Å². The van der Waals surface area contributed by atoms with E-state index >= 15 is 0 Å². The standard InChI is InChI=1S/C24H26N2O5/c1-3-17(18-9-5-4-6-10-18)14-25-23(29)16(2)31-22(28)15-26-21(27)13-19-11-7-8-12-20(19)24(26)30/h4-12,16-17H,3,13-15H2,1-2H3,(H,25,29)/t16-,17+/m1/s1. The second-order valence-electron chi connectivity index (χ2n) is 7.51. The van der Waals surface area contributed by atoms with Crippen molar-refractivity contribution < 1.29 is 23.9 Å². The molecule has 0 spiro atoms. The van der Waals surface area contributed by atoms with E-state index in [1.807, 2.05) is 37.3 Å². The van der Waals surface area contributed by atoms with Gasteiger partial charge in [0, 0.05) is 18.0 Å². The number of esters is 1. The van der Waals surface area contributed by atoms with Gasteiger partial charge >= 0.3 is 5.97 Å². The molecular weight excluding hydrogens is 396 g/mol. The second kappa shape index (κ2) is 10.0. The van der Waals surface area contributed by atoms with Gasteiger partial charge in [0.1, 0.15) is 6.54 Å². The molecule has 7 nitrogen and oxygen atoms in total. The lowest BCUT2D eigenvalue weighted by Gasteiger charge is -2.26. The van der Waals surface area contributed by atoms with Crippen LogP contribution in [0.4, 0.5) is 0 Å². The maximum atomic E-state index is 12.5. The molecule has 0 unspecified atom stereocenters. The number of ether oxygens (including phenoxy) is 1. The number of nitrogens with one attached hydrogen (secondary N) is 1. The van der Waals surface area contributed by atoms with Crippen molar-refractivity contribution in [1.29, 1.82) is 0 Å². The summed E-state index contributed by atoms with van der Waals surface area (Å²) in [5.74, 6) is -2.08. The number of benzene rings is 2. The summed E-state index contributed by atoms with van der Waals surface area (Å²) in [7, 11) is 0. The molecule has 1 aliphatic rings. The van der Waals surface area contributed by atoms with Crippen LogP contribution in [0.15, 0.2) is 54.6 Å². The number of fused-ring (bicyclic) bond motifs is 1. The Hall–Kier alpha value is -3.48. The highest BCUT2D eigenvalue weighted by molar-refractivity contribution is 6.11. The first-order valence-corrected chi connectivity index (χ1v) is 10.4. The van der Waals surface area contributed by atoms with Gasteiger partial charge in [0.05, 0.1) is 6.42 Å². The maximum Gasteiger partial charge on any atom is 0.326 e. The van der Waals surface area contributed by atoms with E-state index in [1.54, 1.807) is 24.3 Å². The number of rotatable bonds is 8. The Morgan fingerprint density at radius 2 is 1.74 bits per heavy atom. The molecule has 162 valence electrons. The Kier molecular flexibility index (Phi) is 7.18. The predicted octanol–water partition coefficient (Wildman–Crippen LogP) is 2.45. The van der Waals surface area contributed by atoms with Gasteiger partial charge in [-0.2, -0.15) is 0 Å². The van der Waals surface area contributed by atoms with E-state index in [-0.39, 0.29) is 12.3 Å².